The molecule has 1 N–H and O–H groups in total. The number of anilines is 1. The number of carbonyl (C=O) groups excluding carboxylic acids is 2. The van der Waals surface area contributed by atoms with Crippen molar-refractivity contribution in [2.45, 2.75) is 65.3 Å². The van der Waals surface area contributed by atoms with Crippen LogP contribution in [-0.2, 0) is 32.3 Å². The number of alkyl halides is 3. The third kappa shape index (κ3) is 8.10. The first-order valence-electron chi connectivity index (χ1n) is 12.1. The maximum atomic E-state index is 13.7. The van der Waals surface area contributed by atoms with Crippen molar-refractivity contribution in [3.05, 3.63) is 64.2 Å². The maximum Gasteiger partial charge on any atom is 0.416 e. The van der Waals surface area contributed by atoms with Gasteiger partial charge < -0.3 is 10.2 Å². The molecule has 0 unspecified atom stereocenters. The predicted molar refractivity (Wildman–Crippen MR) is 142 cm³/mol. The zero-order valence-corrected chi connectivity index (χ0v) is 23.5. The quantitative estimate of drug-likeness (QED) is 0.401. The molecule has 38 heavy (non-hydrogen) atoms. The van der Waals surface area contributed by atoms with E-state index in [0.717, 1.165) is 29.5 Å². The molecule has 2 atom stereocenters. The third-order valence-corrected chi connectivity index (χ3v) is 7.66. The van der Waals surface area contributed by atoms with E-state index in [4.69, 9.17) is 11.6 Å². The Labute approximate surface area is 227 Å². The van der Waals surface area contributed by atoms with Crippen molar-refractivity contribution in [3.63, 3.8) is 0 Å². The van der Waals surface area contributed by atoms with Crippen LogP contribution in [0.1, 0.15) is 50.3 Å². The van der Waals surface area contributed by atoms with Crippen molar-refractivity contribution in [1.82, 2.24) is 10.2 Å². The van der Waals surface area contributed by atoms with Crippen molar-refractivity contribution < 1.29 is 31.2 Å². The van der Waals surface area contributed by atoms with Gasteiger partial charge in [-0.1, -0.05) is 49.7 Å². The number of hydrogen-bond donors (Lipinski definition) is 1. The number of nitrogens with one attached hydrogen (secondary N) is 1. The van der Waals surface area contributed by atoms with Crippen LogP contribution in [0.2, 0.25) is 5.02 Å². The highest BCUT2D eigenvalue weighted by atomic mass is 35.5. The second kappa shape index (κ2) is 12.8. The molecule has 0 aliphatic heterocycles. The summed E-state index contributed by atoms with van der Waals surface area (Å²) in [7, 11) is -4.25. The number of rotatable bonds is 11. The smallest absolute Gasteiger partial charge is 0.352 e. The van der Waals surface area contributed by atoms with E-state index in [9.17, 15) is 31.2 Å². The van der Waals surface area contributed by atoms with Gasteiger partial charge in [-0.25, -0.2) is 8.42 Å². The van der Waals surface area contributed by atoms with Crippen LogP contribution in [0.4, 0.5) is 18.9 Å². The topological polar surface area (TPSA) is 86.8 Å². The number of benzene rings is 2. The van der Waals surface area contributed by atoms with Gasteiger partial charge in [0.1, 0.15) is 12.6 Å². The zero-order chi connectivity index (χ0) is 28.8. The van der Waals surface area contributed by atoms with Crippen molar-refractivity contribution >= 4 is 39.1 Å². The minimum absolute atomic E-state index is 0.00807. The fourth-order valence-electron chi connectivity index (χ4n) is 3.81. The Morgan fingerprint density at radius 1 is 1.08 bits per heavy atom. The van der Waals surface area contributed by atoms with E-state index in [1.165, 1.54) is 4.90 Å². The van der Waals surface area contributed by atoms with Gasteiger partial charge in [0.05, 0.1) is 22.5 Å². The lowest BCUT2D eigenvalue weighted by atomic mass is 10.1. The van der Waals surface area contributed by atoms with Gasteiger partial charge in [0, 0.05) is 12.6 Å². The van der Waals surface area contributed by atoms with Gasteiger partial charge in [-0.05, 0) is 56.0 Å². The van der Waals surface area contributed by atoms with Crippen molar-refractivity contribution in [2.75, 3.05) is 17.1 Å². The van der Waals surface area contributed by atoms with Gasteiger partial charge in [0.2, 0.25) is 21.8 Å². The molecule has 0 fully saturated rings. The predicted octanol–water partition coefficient (Wildman–Crippen LogP) is 5.16. The van der Waals surface area contributed by atoms with Crippen LogP contribution in [-0.4, -0.2) is 50.0 Å². The highest BCUT2D eigenvalue weighted by molar-refractivity contribution is 7.92. The maximum absolute atomic E-state index is 13.7. The van der Waals surface area contributed by atoms with Crippen LogP contribution >= 0.6 is 11.6 Å². The molecule has 0 saturated carbocycles. The van der Waals surface area contributed by atoms with E-state index in [1.54, 1.807) is 19.1 Å². The molecule has 0 saturated heterocycles. The highest BCUT2D eigenvalue weighted by Gasteiger charge is 2.35. The number of carbonyl (C=O) groups is 2. The molecule has 0 aliphatic carbocycles. The van der Waals surface area contributed by atoms with E-state index in [-0.39, 0.29) is 24.0 Å². The molecule has 2 rings (SSSR count). The molecule has 12 heteroatoms. The molecule has 0 radical (unpaired) electrons. The van der Waals surface area contributed by atoms with E-state index >= 15 is 0 Å². The fourth-order valence-corrected chi connectivity index (χ4v) is 4.93. The van der Waals surface area contributed by atoms with Crippen molar-refractivity contribution in [3.8, 4) is 0 Å². The Morgan fingerprint density at radius 3 is 2.24 bits per heavy atom. The summed E-state index contributed by atoms with van der Waals surface area (Å²) in [6, 6.07) is 8.35. The van der Waals surface area contributed by atoms with Crippen LogP contribution in [0, 0.1) is 6.92 Å². The van der Waals surface area contributed by atoms with Gasteiger partial charge in [-0.3, -0.25) is 13.9 Å². The molecule has 2 amide bonds. The Bertz CT molecular complexity index is 1250. The first kappa shape index (κ1) is 31.4. The molecule has 0 aromatic heterocycles. The summed E-state index contributed by atoms with van der Waals surface area (Å²) in [5.41, 5.74) is -0.0126. The van der Waals surface area contributed by atoms with Gasteiger partial charge in [-0.15, -0.1) is 0 Å². The third-order valence-electron chi connectivity index (χ3n) is 6.21. The molecule has 0 bridgehead atoms. The number of sulfonamides is 1. The first-order chi connectivity index (χ1) is 17.6. The number of hydrogen-bond acceptors (Lipinski definition) is 4. The molecule has 7 nitrogen and oxygen atoms in total. The van der Waals surface area contributed by atoms with Crippen LogP contribution in [0.25, 0.3) is 0 Å². The monoisotopic (exact) mass is 575 g/mol. The fraction of sp³-hybridized carbons (Fsp3) is 0.462. The van der Waals surface area contributed by atoms with Crippen molar-refractivity contribution in [2.24, 2.45) is 0 Å². The average molecular weight is 576 g/mol. The average Bonchev–Trinajstić information content (AvgIpc) is 2.82. The van der Waals surface area contributed by atoms with Crippen LogP contribution < -0.4 is 9.62 Å². The summed E-state index contributed by atoms with van der Waals surface area (Å²) in [6.07, 6.45) is -3.10. The first-order valence-corrected chi connectivity index (χ1v) is 14.3. The van der Waals surface area contributed by atoms with Gasteiger partial charge in [-0.2, -0.15) is 13.2 Å². The molecule has 210 valence electrons. The summed E-state index contributed by atoms with van der Waals surface area (Å²) in [5, 5.41) is 2.58. The Morgan fingerprint density at radius 2 is 1.71 bits per heavy atom. The number of aryl methyl sites for hydroxylation is 1. The molecular weight excluding hydrogens is 543 g/mol. The molecular formula is C26H33ClF3N3O4S. The van der Waals surface area contributed by atoms with Gasteiger partial charge in [0.25, 0.3) is 0 Å². The Kier molecular flexibility index (Phi) is 10.6. The number of amides is 2. The highest BCUT2D eigenvalue weighted by Crippen LogP contribution is 2.36. The van der Waals surface area contributed by atoms with E-state index in [1.807, 2.05) is 32.9 Å². The summed E-state index contributed by atoms with van der Waals surface area (Å²) in [6.45, 7) is 6.41. The minimum Gasteiger partial charge on any atom is -0.352 e. The number of nitrogens with zero attached hydrogens (tertiary/aromatic N) is 2. The lowest BCUT2D eigenvalue weighted by Gasteiger charge is -2.34. The normalized spacial score (nSPS) is 13.5. The minimum atomic E-state index is -4.76. The molecule has 0 heterocycles. The van der Waals surface area contributed by atoms with E-state index in [2.05, 4.69) is 5.32 Å². The SMILES string of the molecule is CC[C@H](C(=O)N[C@@H](C)CC)N(Cc1ccccc1C)C(=O)CN(c1cc(C(F)(F)F)ccc1Cl)S(C)(=O)=O. The summed E-state index contributed by atoms with van der Waals surface area (Å²) >= 11 is 6.11. The molecule has 0 aliphatic rings. The van der Waals surface area contributed by atoms with Crippen LogP contribution in [0.3, 0.4) is 0 Å². The summed E-state index contributed by atoms with van der Waals surface area (Å²) in [4.78, 5) is 28.1. The largest absolute Gasteiger partial charge is 0.416 e. The second-order valence-electron chi connectivity index (χ2n) is 9.12. The van der Waals surface area contributed by atoms with Gasteiger partial charge >= 0.3 is 6.18 Å². The lowest BCUT2D eigenvalue weighted by molar-refractivity contribution is -0.140. The zero-order valence-electron chi connectivity index (χ0n) is 22.0. The molecule has 2 aromatic carbocycles. The van der Waals surface area contributed by atoms with E-state index < -0.39 is 51.9 Å². The standard InChI is InChI=1S/C26H33ClF3N3O4S/c1-6-18(4)31-25(35)22(7-2)32(15-19-11-9-8-10-17(19)3)24(34)16-33(38(5,36)37)23-14-20(26(28,29)30)12-13-21(23)27/h8-14,18,22H,6-7,15-16H2,1-5H3,(H,31,35)/t18-,22+/m0/s1. The number of halogens is 4. The van der Waals surface area contributed by atoms with Crippen LogP contribution in [0.5, 0.6) is 0 Å². The van der Waals surface area contributed by atoms with Crippen LogP contribution in [0.15, 0.2) is 42.5 Å². The Balaban J connectivity index is 2.56. The lowest BCUT2D eigenvalue weighted by Crippen LogP contribution is -2.53. The van der Waals surface area contributed by atoms with Gasteiger partial charge in [0.15, 0.2) is 0 Å². The summed E-state index contributed by atoms with van der Waals surface area (Å²) < 4.78 is 66.1. The molecule has 2 aromatic rings. The van der Waals surface area contributed by atoms with E-state index in [0.29, 0.717) is 16.8 Å². The summed E-state index contributed by atoms with van der Waals surface area (Å²) in [5.74, 6) is -1.18. The second-order valence-corrected chi connectivity index (χ2v) is 11.4. The van der Waals surface area contributed by atoms with Crippen molar-refractivity contribution in [1.29, 1.82) is 0 Å². The Hall–Kier alpha value is -2.79. The molecule has 0 spiro atoms.